The van der Waals surface area contributed by atoms with Crippen molar-refractivity contribution in [3.8, 4) is 22.1 Å². The van der Waals surface area contributed by atoms with Gasteiger partial charge < -0.3 is 15.2 Å². The van der Waals surface area contributed by atoms with Crippen LogP contribution in [-0.4, -0.2) is 29.1 Å². The lowest BCUT2D eigenvalue weighted by Crippen LogP contribution is -2.72. The zero-order valence-electron chi connectivity index (χ0n) is 14.8. The Morgan fingerprint density at radius 3 is 2.62 bits per heavy atom. The Morgan fingerprint density at radius 1 is 1.10 bits per heavy atom. The van der Waals surface area contributed by atoms with Crippen LogP contribution in [0.5, 0.6) is 11.5 Å². The van der Waals surface area contributed by atoms with Crippen LogP contribution in [0.25, 0.3) is 10.6 Å². The van der Waals surface area contributed by atoms with Crippen LogP contribution >= 0.6 is 11.3 Å². The van der Waals surface area contributed by atoms with Crippen LogP contribution < -0.4 is 25.5 Å². The van der Waals surface area contributed by atoms with Crippen LogP contribution in [0.2, 0.25) is 0 Å². The monoisotopic (exact) mass is 422 g/mol. The highest BCUT2D eigenvalue weighted by atomic mass is 32.1. The molecule has 0 fully saturated rings. The van der Waals surface area contributed by atoms with Crippen molar-refractivity contribution in [1.29, 1.82) is 0 Å². The van der Waals surface area contributed by atoms with E-state index < -0.39 is 11.9 Å². The Labute approximate surface area is 167 Å². The number of anilines is 1. The van der Waals surface area contributed by atoms with Gasteiger partial charge in [-0.05, 0) is 23.6 Å². The van der Waals surface area contributed by atoms with Crippen molar-refractivity contribution < 1.29 is 27.6 Å². The highest BCUT2D eigenvalue weighted by Crippen LogP contribution is 2.33. The third-order valence-electron chi connectivity index (χ3n) is 3.86. The maximum absolute atomic E-state index is 13.2. The van der Waals surface area contributed by atoms with Crippen molar-refractivity contribution in [1.82, 2.24) is 9.97 Å². The molecule has 4 N–H and O–H groups in total. The molecule has 0 unspecified atom stereocenters. The van der Waals surface area contributed by atoms with Crippen LogP contribution in [-0.2, 0) is 6.18 Å². The van der Waals surface area contributed by atoms with E-state index in [9.17, 15) is 13.2 Å². The zero-order chi connectivity index (χ0) is 20.4. The predicted octanol–water partition coefficient (Wildman–Crippen LogP) is 2.13. The lowest BCUT2D eigenvalue weighted by atomic mass is 10.2. The number of guanidine groups is 1. The SMILES string of the molecule is NC(Nc1ccc2c(c1)OCCO2)=[NH+]c1nc(-c2cccs2)cc(C(F)(F)F)n1. The van der Waals surface area contributed by atoms with Gasteiger partial charge in [-0.2, -0.15) is 13.2 Å². The fourth-order valence-electron chi connectivity index (χ4n) is 2.63. The molecule has 0 bridgehead atoms. The average molecular weight is 422 g/mol. The third kappa shape index (κ3) is 4.40. The second-order valence-corrected chi connectivity index (χ2v) is 6.91. The van der Waals surface area contributed by atoms with E-state index in [0.29, 0.717) is 35.3 Å². The molecule has 11 heteroatoms. The highest BCUT2D eigenvalue weighted by molar-refractivity contribution is 7.13. The molecule has 1 aliphatic heterocycles. The molecule has 0 spiro atoms. The minimum absolute atomic E-state index is 0.0434. The molecule has 0 aliphatic carbocycles. The number of aromatic nitrogens is 2. The number of nitrogens with zero attached hydrogens (tertiary/aromatic N) is 2. The van der Waals surface area contributed by atoms with Gasteiger partial charge in [0.15, 0.2) is 17.2 Å². The molecule has 29 heavy (non-hydrogen) atoms. The van der Waals surface area contributed by atoms with E-state index >= 15 is 0 Å². The van der Waals surface area contributed by atoms with Crippen molar-refractivity contribution >= 4 is 28.9 Å². The van der Waals surface area contributed by atoms with Gasteiger partial charge in [0.1, 0.15) is 18.9 Å². The zero-order valence-corrected chi connectivity index (χ0v) is 15.6. The first-order valence-corrected chi connectivity index (χ1v) is 9.33. The quantitative estimate of drug-likeness (QED) is 0.442. The standard InChI is InChI=1S/C18H14F3N5O2S/c19-18(20,21)15-9-11(14-2-1-7-29-14)24-17(25-15)26-16(22)23-10-3-4-12-13(8-10)28-6-5-27-12/h1-4,7-9H,5-6H2,(H3,22,23,24,25,26)/p+1. The largest absolute Gasteiger partial charge is 0.486 e. The normalized spacial score (nSPS) is 14.0. The van der Waals surface area contributed by atoms with E-state index in [0.717, 1.165) is 6.07 Å². The first kappa shape index (κ1) is 19.0. The molecule has 0 saturated carbocycles. The van der Waals surface area contributed by atoms with Gasteiger partial charge in [0.2, 0.25) is 0 Å². The van der Waals surface area contributed by atoms with Crippen LogP contribution in [0.1, 0.15) is 5.69 Å². The number of halogens is 3. The van der Waals surface area contributed by atoms with Crippen molar-refractivity contribution in [2.24, 2.45) is 5.73 Å². The molecule has 1 aliphatic rings. The van der Waals surface area contributed by atoms with Gasteiger partial charge in [-0.15, -0.1) is 21.3 Å². The number of rotatable bonds is 3. The summed E-state index contributed by atoms with van der Waals surface area (Å²) in [6.07, 6.45) is -4.62. The van der Waals surface area contributed by atoms with Crippen LogP contribution in [0.15, 0.2) is 41.8 Å². The number of nitrogens with one attached hydrogen (secondary N) is 2. The number of hydrogen-bond donors (Lipinski definition) is 3. The van der Waals surface area contributed by atoms with Crippen LogP contribution in [0.3, 0.4) is 0 Å². The minimum atomic E-state index is -4.62. The molecule has 3 aromatic rings. The lowest BCUT2D eigenvalue weighted by molar-refractivity contribution is -0.365. The second-order valence-electron chi connectivity index (χ2n) is 5.96. The van der Waals surface area contributed by atoms with Crippen LogP contribution in [0, 0.1) is 0 Å². The molecule has 150 valence electrons. The molecule has 0 atom stereocenters. The molecule has 7 nitrogen and oxygen atoms in total. The first-order chi connectivity index (χ1) is 13.9. The average Bonchev–Trinajstić information content (AvgIpc) is 3.22. The van der Waals surface area contributed by atoms with Crippen molar-refractivity contribution in [3.05, 3.63) is 47.5 Å². The molecular weight excluding hydrogens is 407 g/mol. The van der Waals surface area contributed by atoms with E-state index in [1.54, 1.807) is 35.7 Å². The topological polar surface area (TPSA) is 96.3 Å². The number of ether oxygens (including phenoxy) is 2. The number of thiophene rings is 1. The number of alkyl halides is 3. The van der Waals surface area contributed by atoms with Crippen molar-refractivity contribution in [2.75, 3.05) is 18.5 Å². The number of benzene rings is 1. The summed E-state index contributed by atoms with van der Waals surface area (Å²) < 4.78 is 50.7. The van der Waals surface area contributed by atoms with Crippen LogP contribution in [0.4, 0.5) is 24.8 Å². The number of fused-ring (bicyclic) bond motifs is 1. The Bertz CT molecular complexity index is 1050. The Balaban J connectivity index is 1.63. The lowest BCUT2D eigenvalue weighted by Gasteiger charge is -2.18. The van der Waals surface area contributed by atoms with Gasteiger partial charge in [0.25, 0.3) is 5.96 Å². The predicted molar refractivity (Wildman–Crippen MR) is 101 cm³/mol. The molecule has 4 rings (SSSR count). The maximum atomic E-state index is 13.2. The second kappa shape index (κ2) is 7.59. The van der Waals surface area contributed by atoms with E-state index in [1.165, 1.54) is 11.3 Å². The van der Waals surface area contributed by atoms with Gasteiger partial charge >= 0.3 is 12.1 Å². The van der Waals surface area contributed by atoms with Gasteiger partial charge in [0, 0.05) is 12.1 Å². The maximum Gasteiger partial charge on any atom is 0.443 e. The van der Waals surface area contributed by atoms with E-state index in [1.807, 2.05) is 0 Å². The molecule has 1 aromatic carbocycles. The molecule has 2 aromatic heterocycles. The fraction of sp³-hybridized carbons (Fsp3) is 0.167. The summed E-state index contributed by atoms with van der Waals surface area (Å²) in [6, 6.07) is 9.39. The molecule has 0 radical (unpaired) electrons. The highest BCUT2D eigenvalue weighted by Gasteiger charge is 2.36. The summed E-state index contributed by atoms with van der Waals surface area (Å²) in [4.78, 5) is 10.8. The number of nitrogens with two attached hydrogens (primary N) is 1. The Hall–Kier alpha value is -3.34. The van der Waals surface area contributed by atoms with Gasteiger partial charge in [0.05, 0.1) is 10.6 Å². The van der Waals surface area contributed by atoms with Gasteiger partial charge in [-0.25, -0.2) is 4.99 Å². The van der Waals surface area contributed by atoms with Crippen molar-refractivity contribution in [3.63, 3.8) is 0 Å². The minimum Gasteiger partial charge on any atom is -0.486 e. The Morgan fingerprint density at radius 2 is 1.90 bits per heavy atom. The first-order valence-electron chi connectivity index (χ1n) is 8.45. The third-order valence-corrected chi connectivity index (χ3v) is 4.75. The van der Waals surface area contributed by atoms with E-state index in [2.05, 4.69) is 20.3 Å². The summed E-state index contributed by atoms with van der Waals surface area (Å²) in [5.74, 6) is 0.836. The fourth-order valence-corrected chi connectivity index (χ4v) is 3.31. The summed E-state index contributed by atoms with van der Waals surface area (Å²) in [5, 5.41) is 4.59. The van der Waals surface area contributed by atoms with E-state index in [-0.39, 0.29) is 17.6 Å². The number of hydrogen-bond acceptors (Lipinski definition) is 5. The summed E-state index contributed by atoms with van der Waals surface area (Å²) >= 11 is 1.27. The van der Waals surface area contributed by atoms with E-state index in [4.69, 9.17) is 15.2 Å². The molecule has 3 heterocycles. The summed E-state index contributed by atoms with van der Waals surface area (Å²) in [5.41, 5.74) is 5.55. The Kier molecular flexibility index (Phi) is 4.97. The van der Waals surface area contributed by atoms with Gasteiger partial charge in [-0.1, -0.05) is 6.07 Å². The summed E-state index contributed by atoms with van der Waals surface area (Å²) in [7, 11) is 0. The van der Waals surface area contributed by atoms with Crippen molar-refractivity contribution in [2.45, 2.75) is 6.18 Å². The van der Waals surface area contributed by atoms with Gasteiger partial charge in [-0.3, -0.25) is 5.32 Å². The summed E-state index contributed by atoms with van der Waals surface area (Å²) in [6.45, 7) is 0.895. The molecule has 0 amide bonds. The molecule has 0 saturated heterocycles. The smallest absolute Gasteiger partial charge is 0.443 e. The molecular formula is C18H15F3N5O2S+.